The third kappa shape index (κ3) is 3.55. The van der Waals surface area contributed by atoms with Gasteiger partial charge >= 0.3 is 0 Å². The number of hydrogen-bond donors (Lipinski definition) is 0. The smallest absolute Gasteiger partial charge is 0.230 e. The zero-order valence-electron chi connectivity index (χ0n) is 15.6. The van der Waals surface area contributed by atoms with Gasteiger partial charge in [0.05, 0.1) is 5.41 Å². The molecular weight excluding hydrogens is 344 g/mol. The fourth-order valence-corrected chi connectivity index (χ4v) is 5.86. The number of likely N-dealkylation sites (tertiary alicyclic amines) is 2. The standard InChI is InChI=1S/C21H30N2O2S/c24-19(10-9-18-8-4-15-26-18)22-14-12-21(16-22)11-5-13-23(20(21)25)17-6-2-1-3-7-17/h4,8,15,17H,1-3,5-7,9-14,16H2/t21-/m1/s1. The van der Waals surface area contributed by atoms with Crippen molar-refractivity contribution in [2.45, 2.75) is 70.3 Å². The Labute approximate surface area is 160 Å². The number of thiophene rings is 1. The fourth-order valence-electron chi connectivity index (χ4n) is 5.15. The largest absolute Gasteiger partial charge is 0.342 e. The maximum atomic E-state index is 13.4. The Hall–Kier alpha value is -1.36. The first-order valence-electron chi connectivity index (χ1n) is 10.3. The van der Waals surface area contributed by atoms with Crippen molar-refractivity contribution in [1.82, 2.24) is 9.80 Å². The van der Waals surface area contributed by atoms with Crippen molar-refractivity contribution in [3.63, 3.8) is 0 Å². The van der Waals surface area contributed by atoms with Crippen molar-refractivity contribution < 1.29 is 9.59 Å². The van der Waals surface area contributed by atoms with Gasteiger partial charge in [0, 0.05) is 37.0 Å². The monoisotopic (exact) mass is 374 g/mol. The van der Waals surface area contributed by atoms with Gasteiger partial charge in [-0.1, -0.05) is 25.3 Å². The number of rotatable bonds is 4. The Morgan fingerprint density at radius 1 is 1.15 bits per heavy atom. The maximum Gasteiger partial charge on any atom is 0.230 e. The Bertz CT molecular complexity index is 638. The summed E-state index contributed by atoms with van der Waals surface area (Å²) in [6, 6.07) is 4.59. The van der Waals surface area contributed by atoms with Crippen molar-refractivity contribution in [2.75, 3.05) is 19.6 Å². The molecule has 0 aromatic carbocycles. The van der Waals surface area contributed by atoms with E-state index in [4.69, 9.17) is 0 Å². The minimum atomic E-state index is -0.283. The molecule has 4 rings (SSSR count). The Kier molecular flexibility index (Phi) is 5.35. The SMILES string of the molecule is O=C(CCc1cccs1)N1CC[C@]2(CCCN(C3CCCCC3)C2=O)C1. The van der Waals surface area contributed by atoms with Crippen molar-refractivity contribution in [2.24, 2.45) is 5.41 Å². The van der Waals surface area contributed by atoms with Crippen LogP contribution in [0.5, 0.6) is 0 Å². The lowest BCUT2D eigenvalue weighted by atomic mass is 9.77. The molecule has 0 radical (unpaired) electrons. The van der Waals surface area contributed by atoms with Gasteiger partial charge in [-0.2, -0.15) is 0 Å². The number of hydrogen-bond acceptors (Lipinski definition) is 3. The van der Waals surface area contributed by atoms with Crippen LogP contribution in [0.2, 0.25) is 0 Å². The third-order valence-electron chi connectivity index (χ3n) is 6.66. The Balaban J connectivity index is 1.37. The van der Waals surface area contributed by atoms with E-state index in [1.807, 2.05) is 11.0 Å². The van der Waals surface area contributed by atoms with Crippen molar-refractivity contribution in [3.8, 4) is 0 Å². The number of nitrogens with zero attached hydrogens (tertiary/aromatic N) is 2. The van der Waals surface area contributed by atoms with Crippen molar-refractivity contribution in [1.29, 1.82) is 0 Å². The topological polar surface area (TPSA) is 40.6 Å². The summed E-state index contributed by atoms with van der Waals surface area (Å²) in [5, 5.41) is 2.06. The van der Waals surface area contributed by atoms with Crippen molar-refractivity contribution in [3.05, 3.63) is 22.4 Å². The van der Waals surface area contributed by atoms with Crippen LogP contribution in [0.1, 0.15) is 62.7 Å². The van der Waals surface area contributed by atoms with Crippen LogP contribution in [0.25, 0.3) is 0 Å². The molecule has 142 valence electrons. The third-order valence-corrected chi connectivity index (χ3v) is 7.59. The number of piperidine rings is 1. The van der Waals surface area contributed by atoms with Gasteiger partial charge in [0.2, 0.25) is 11.8 Å². The minimum Gasteiger partial charge on any atom is -0.342 e. The van der Waals surface area contributed by atoms with E-state index in [0.29, 0.717) is 24.9 Å². The molecular formula is C21H30N2O2S. The van der Waals surface area contributed by atoms with Crippen molar-refractivity contribution >= 4 is 23.2 Å². The van der Waals surface area contributed by atoms with Crippen LogP contribution in [0, 0.1) is 5.41 Å². The average Bonchev–Trinajstić information content (AvgIpc) is 3.34. The van der Waals surface area contributed by atoms with Crippen LogP contribution in [0.15, 0.2) is 17.5 Å². The number of carbonyl (C=O) groups is 2. The highest BCUT2D eigenvalue weighted by molar-refractivity contribution is 7.09. The molecule has 0 N–H and O–H groups in total. The molecule has 2 amide bonds. The zero-order chi connectivity index (χ0) is 18.0. The molecule has 3 aliphatic rings. The quantitative estimate of drug-likeness (QED) is 0.803. The molecule has 4 nitrogen and oxygen atoms in total. The molecule has 3 fully saturated rings. The van der Waals surface area contributed by atoms with E-state index < -0.39 is 0 Å². The van der Waals surface area contributed by atoms with E-state index in [1.165, 1.54) is 37.0 Å². The highest BCUT2D eigenvalue weighted by Crippen LogP contribution is 2.42. The van der Waals surface area contributed by atoms with Gasteiger partial charge in [-0.3, -0.25) is 9.59 Å². The molecule has 1 saturated carbocycles. The normalized spacial score (nSPS) is 27.5. The number of amides is 2. The summed E-state index contributed by atoms with van der Waals surface area (Å²) in [4.78, 5) is 31.4. The minimum absolute atomic E-state index is 0.220. The molecule has 2 saturated heterocycles. The van der Waals surface area contributed by atoms with E-state index in [9.17, 15) is 9.59 Å². The van der Waals surface area contributed by atoms with E-state index in [-0.39, 0.29) is 11.3 Å². The van der Waals surface area contributed by atoms with E-state index in [0.717, 1.165) is 38.8 Å². The predicted octanol–water partition coefficient (Wildman–Crippen LogP) is 3.85. The summed E-state index contributed by atoms with van der Waals surface area (Å²) in [7, 11) is 0. The highest BCUT2D eigenvalue weighted by atomic mass is 32.1. The molecule has 1 aromatic rings. The molecule has 1 atom stereocenters. The van der Waals surface area contributed by atoms with Gasteiger partial charge in [0.25, 0.3) is 0 Å². The molecule has 1 aliphatic carbocycles. The second-order valence-electron chi connectivity index (χ2n) is 8.32. The molecule has 3 heterocycles. The van der Waals surface area contributed by atoms with Crippen LogP contribution in [-0.4, -0.2) is 47.3 Å². The van der Waals surface area contributed by atoms with Crippen LogP contribution in [-0.2, 0) is 16.0 Å². The van der Waals surface area contributed by atoms with Gasteiger partial charge in [0.1, 0.15) is 0 Å². The first-order chi connectivity index (χ1) is 12.7. The molecule has 1 spiro atoms. The van der Waals surface area contributed by atoms with Gasteiger partial charge in [-0.25, -0.2) is 0 Å². The Morgan fingerprint density at radius 2 is 2.00 bits per heavy atom. The first-order valence-corrected chi connectivity index (χ1v) is 11.2. The summed E-state index contributed by atoms with van der Waals surface area (Å²) < 4.78 is 0. The van der Waals surface area contributed by atoms with Crippen LogP contribution in [0.3, 0.4) is 0 Å². The summed E-state index contributed by atoms with van der Waals surface area (Å²) in [6.07, 6.45) is 10.5. The lowest BCUT2D eigenvalue weighted by molar-refractivity contribution is -0.149. The van der Waals surface area contributed by atoms with Crippen LogP contribution < -0.4 is 0 Å². The maximum absolute atomic E-state index is 13.4. The van der Waals surface area contributed by atoms with Gasteiger partial charge in [-0.15, -0.1) is 11.3 Å². The molecule has 1 aromatic heterocycles. The molecule has 26 heavy (non-hydrogen) atoms. The summed E-state index contributed by atoms with van der Waals surface area (Å²) in [6.45, 7) is 2.34. The molecule has 0 unspecified atom stereocenters. The Morgan fingerprint density at radius 3 is 2.77 bits per heavy atom. The lowest BCUT2D eigenvalue weighted by Gasteiger charge is -2.44. The highest BCUT2D eigenvalue weighted by Gasteiger charge is 2.50. The molecule has 5 heteroatoms. The average molecular weight is 375 g/mol. The summed E-state index contributed by atoms with van der Waals surface area (Å²) in [5.74, 6) is 0.571. The van der Waals surface area contributed by atoms with Gasteiger partial charge in [0.15, 0.2) is 0 Å². The van der Waals surface area contributed by atoms with Gasteiger partial charge in [-0.05, 0) is 50.0 Å². The van der Waals surface area contributed by atoms with E-state index in [2.05, 4.69) is 16.3 Å². The zero-order valence-corrected chi connectivity index (χ0v) is 16.4. The molecule has 2 aliphatic heterocycles. The molecule has 0 bridgehead atoms. The van der Waals surface area contributed by atoms with Crippen LogP contribution >= 0.6 is 11.3 Å². The fraction of sp³-hybridized carbons (Fsp3) is 0.714. The second kappa shape index (κ2) is 7.71. The summed E-state index contributed by atoms with van der Waals surface area (Å²) in [5.41, 5.74) is -0.283. The summed E-state index contributed by atoms with van der Waals surface area (Å²) >= 11 is 1.71. The van der Waals surface area contributed by atoms with E-state index in [1.54, 1.807) is 11.3 Å². The number of carbonyl (C=O) groups excluding carboxylic acids is 2. The van der Waals surface area contributed by atoms with E-state index >= 15 is 0 Å². The van der Waals surface area contributed by atoms with Gasteiger partial charge < -0.3 is 9.80 Å². The lowest BCUT2D eigenvalue weighted by Crippen LogP contribution is -2.54. The predicted molar refractivity (Wildman–Crippen MR) is 104 cm³/mol. The second-order valence-corrected chi connectivity index (χ2v) is 9.35. The van der Waals surface area contributed by atoms with Crippen LogP contribution in [0.4, 0.5) is 0 Å². The number of aryl methyl sites for hydroxylation is 1. The first kappa shape index (κ1) is 18.0.